The number of alkyl halides is 3. The molecule has 8 nitrogen and oxygen atoms in total. The lowest BCUT2D eigenvalue weighted by atomic mass is 10.2. The lowest BCUT2D eigenvalue weighted by Crippen LogP contribution is -2.51. The largest absolute Gasteiger partial charge is 0.390 e. The predicted molar refractivity (Wildman–Crippen MR) is 84.3 cm³/mol. The SMILES string of the molecule is C[C@@H](C(=O)N1CCOCC1)N1CC=C(NS(=O)(=O)CCC(F)(F)F)C1=O. The van der Waals surface area contributed by atoms with E-state index >= 15 is 0 Å². The lowest BCUT2D eigenvalue weighted by Gasteiger charge is -2.32. The molecule has 148 valence electrons. The van der Waals surface area contributed by atoms with Crippen LogP contribution in [0, 0.1) is 0 Å². The van der Waals surface area contributed by atoms with E-state index in [2.05, 4.69) is 0 Å². The summed E-state index contributed by atoms with van der Waals surface area (Å²) in [6.45, 7) is 3.10. The minimum Gasteiger partial charge on any atom is -0.378 e. The highest BCUT2D eigenvalue weighted by Crippen LogP contribution is 2.21. The van der Waals surface area contributed by atoms with E-state index in [1.807, 2.05) is 4.72 Å². The fourth-order valence-electron chi connectivity index (χ4n) is 2.58. The van der Waals surface area contributed by atoms with E-state index in [4.69, 9.17) is 4.74 Å². The van der Waals surface area contributed by atoms with E-state index in [-0.39, 0.29) is 18.1 Å². The van der Waals surface area contributed by atoms with Crippen LogP contribution in [0.25, 0.3) is 0 Å². The summed E-state index contributed by atoms with van der Waals surface area (Å²) in [5.74, 6) is -2.21. The summed E-state index contributed by atoms with van der Waals surface area (Å²) < 4.78 is 67.0. The number of morpholine rings is 1. The van der Waals surface area contributed by atoms with Crippen LogP contribution < -0.4 is 4.72 Å². The number of nitrogens with one attached hydrogen (secondary N) is 1. The number of hydrogen-bond donors (Lipinski definition) is 1. The van der Waals surface area contributed by atoms with Crippen molar-refractivity contribution in [2.24, 2.45) is 0 Å². The zero-order valence-corrected chi connectivity index (χ0v) is 14.9. The maximum Gasteiger partial charge on any atom is 0.390 e. The van der Waals surface area contributed by atoms with Crippen molar-refractivity contribution in [2.75, 3.05) is 38.6 Å². The van der Waals surface area contributed by atoms with Crippen molar-refractivity contribution in [3.8, 4) is 0 Å². The Morgan fingerprint density at radius 3 is 2.54 bits per heavy atom. The number of rotatable bonds is 6. The number of halogens is 3. The molecule has 1 fully saturated rings. The molecule has 1 saturated heterocycles. The van der Waals surface area contributed by atoms with E-state index in [1.54, 1.807) is 4.90 Å². The van der Waals surface area contributed by atoms with Crippen LogP contribution in [0.4, 0.5) is 13.2 Å². The topological polar surface area (TPSA) is 96.0 Å². The molecular weight excluding hydrogens is 379 g/mol. The predicted octanol–water partition coefficient (Wildman–Crippen LogP) is -0.168. The summed E-state index contributed by atoms with van der Waals surface area (Å²) in [5.41, 5.74) is -0.339. The molecule has 0 unspecified atom stereocenters. The second kappa shape index (κ2) is 7.82. The summed E-state index contributed by atoms with van der Waals surface area (Å²) >= 11 is 0. The Labute approximate surface area is 149 Å². The van der Waals surface area contributed by atoms with Crippen LogP contribution in [0.2, 0.25) is 0 Å². The molecule has 12 heteroatoms. The minimum absolute atomic E-state index is 0.00674. The third-order valence-corrected chi connectivity index (χ3v) is 5.32. The van der Waals surface area contributed by atoms with Gasteiger partial charge in [0.05, 0.1) is 25.4 Å². The van der Waals surface area contributed by atoms with Crippen LogP contribution in [0.3, 0.4) is 0 Å². The summed E-state index contributed by atoms with van der Waals surface area (Å²) in [5, 5.41) is 0. The van der Waals surface area contributed by atoms with E-state index in [0.717, 1.165) is 0 Å². The molecule has 0 aliphatic carbocycles. The van der Waals surface area contributed by atoms with Gasteiger partial charge in [0.1, 0.15) is 11.7 Å². The van der Waals surface area contributed by atoms with Crippen molar-refractivity contribution >= 4 is 21.8 Å². The molecule has 1 N–H and O–H groups in total. The molecule has 0 aromatic carbocycles. The second-order valence-corrected chi connectivity index (χ2v) is 7.82. The Morgan fingerprint density at radius 1 is 1.35 bits per heavy atom. The van der Waals surface area contributed by atoms with Gasteiger partial charge in [-0.05, 0) is 13.0 Å². The number of amides is 2. The van der Waals surface area contributed by atoms with Gasteiger partial charge in [0.25, 0.3) is 5.91 Å². The minimum atomic E-state index is -4.62. The Morgan fingerprint density at radius 2 is 1.96 bits per heavy atom. The quantitative estimate of drug-likeness (QED) is 0.669. The average Bonchev–Trinajstić information content (AvgIpc) is 2.92. The summed E-state index contributed by atoms with van der Waals surface area (Å²) in [7, 11) is -4.32. The third kappa shape index (κ3) is 5.34. The van der Waals surface area contributed by atoms with Crippen LogP contribution in [0.5, 0.6) is 0 Å². The first-order valence-corrected chi connectivity index (χ1v) is 9.60. The summed E-state index contributed by atoms with van der Waals surface area (Å²) in [4.78, 5) is 27.5. The molecule has 2 amide bonds. The fraction of sp³-hybridized carbons (Fsp3) is 0.714. The van der Waals surface area contributed by atoms with Crippen molar-refractivity contribution in [2.45, 2.75) is 25.6 Å². The van der Waals surface area contributed by atoms with Gasteiger partial charge in [-0.3, -0.25) is 14.3 Å². The first-order valence-electron chi connectivity index (χ1n) is 7.95. The molecule has 2 rings (SSSR count). The zero-order chi connectivity index (χ0) is 19.5. The number of carbonyl (C=O) groups excluding carboxylic acids is 2. The highest BCUT2D eigenvalue weighted by Gasteiger charge is 2.36. The molecule has 0 bridgehead atoms. The van der Waals surface area contributed by atoms with E-state index in [0.29, 0.717) is 26.3 Å². The van der Waals surface area contributed by atoms with E-state index < -0.39 is 40.3 Å². The van der Waals surface area contributed by atoms with Crippen molar-refractivity contribution in [1.82, 2.24) is 14.5 Å². The molecule has 26 heavy (non-hydrogen) atoms. The lowest BCUT2D eigenvalue weighted by molar-refractivity contribution is -0.145. The Kier molecular flexibility index (Phi) is 6.17. The van der Waals surface area contributed by atoms with Gasteiger partial charge in [-0.15, -0.1) is 0 Å². The molecule has 2 heterocycles. The standard InChI is InChI=1S/C14H20F3N3O5S/c1-10(12(21)19-5-7-25-8-6-19)20-4-2-11(13(20)22)18-26(23,24)9-3-14(15,16)17/h2,10,18H,3-9H2,1H3/t10-/m0/s1. The van der Waals surface area contributed by atoms with Gasteiger partial charge < -0.3 is 14.5 Å². The number of carbonyl (C=O) groups is 2. The number of hydrogen-bond acceptors (Lipinski definition) is 5. The number of ether oxygens (including phenoxy) is 1. The molecule has 0 radical (unpaired) electrons. The highest BCUT2D eigenvalue weighted by atomic mass is 32.2. The first-order chi connectivity index (χ1) is 12.0. The fourth-order valence-corrected chi connectivity index (χ4v) is 3.69. The number of sulfonamides is 1. The Balaban J connectivity index is 1.94. The molecule has 1 atom stereocenters. The normalized spacial score (nSPS) is 20.2. The van der Waals surface area contributed by atoms with E-state index in [9.17, 15) is 31.2 Å². The molecule has 0 saturated carbocycles. The van der Waals surface area contributed by atoms with Gasteiger partial charge >= 0.3 is 6.18 Å². The zero-order valence-electron chi connectivity index (χ0n) is 14.1. The smallest absolute Gasteiger partial charge is 0.378 e. The van der Waals surface area contributed by atoms with Crippen molar-refractivity contribution < 1.29 is 35.9 Å². The van der Waals surface area contributed by atoms with Crippen LogP contribution >= 0.6 is 0 Å². The van der Waals surface area contributed by atoms with Gasteiger partial charge in [0.15, 0.2) is 0 Å². The van der Waals surface area contributed by atoms with Crippen molar-refractivity contribution in [3.63, 3.8) is 0 Å². The molecule has 2 aliphatic rings. The second-order valence-electron chi connectivity index (χ2n) is 5.98. The van der Waals surface area contributed by atoms with Gasteiger partial charge in [-0.1, -0.05) is 0 Å². The van der Waals surface area contributed by atoms with Crippen LogP contribution in [0.15, 0.2) is 11.8 Å². The molecule has 2 aliphatic heterocycles. The highest BCUT2D eigenvalue weighted by molar-refractivity contribution is 7.89. The molecule has 0 aromatic rings. The Hall–Kier alpha value is -1.82. The maximum atomic E-state index is 12.4. The molecule has 0 spiro atoms. The first kappa shape index (κ1) is 20.5. The monoisotopic (exact) mass is 399 g/mol. The van der Waals surface area contributed by atoms with Crippen LogP contribution in [0.1, 0.15) is 13.3 Å². The third-order valence-electron chi connectivity index (χ3n) is 4.05. The summed E-state index contributed by atoms with van der Waals surface area (Å²) in [6.07, 6.45) is -4.88. The molecule has 0 aromatic heterocycles. The number of nitrogens with zero attached hydrogens (tertiary/aromatic N) is 2. The van der Waals surface area contributed by atoms with Gasteiger partial charge in [-0.2, -0.15) is 13.2 Å². The van der Waals surface area contributed by atoms with Crippen molar-refractivity contribution in [1.29, 1.82) is 0 Å². The average molecular weight is 399 g/mol. The van der Waals surface area contributed by atoms with Crippen LogP contribution in [-0.2, 0) is 24.3 Å². The molecular formula is C14H20F3N3O5S. The van der Waals surface area contributed by atoms with Gasteiger partial charge in [0.2, 0.25) is 15.9 Å². The van der Waals surface area contributed by atoms with Gasteiger partial charge in [0, 0.05) is 19.6 Å². The maximum absolute atomic E-state index is 12.4. The van der Waals surface area contributed by atoms with Gasteiger partial charge in [-0.25, -0.2) is 8.42 Å². The van der Waals surface area contributed by atoms with E-state index in [1.165, 1.54) is 17.9 Å². The van der Waals surface area contributed by atoms with Crippen molar-refractivity contribution in [3.05, 3.63) is 11.8 Å². The summed E-state index contributed by atoms with van der Waals surface area (Å²) in [6, 6.07) is -0.825. The van der Waals surface area contributed by atoms with Crippen LogP contribution in [-0.4, -0.2) is 80.9 Å². The Bertz CT molecular complexity index is 686.